The predicted octanol–water partition coefficient (Wildman–Crippen LogP) is 1.98. The first-order valence-electron chi connectivity index (χ1n) is 5.75. The fraction of sp³-hybridized carbons (Fsp3) is 0.357. The van der Waals surface area contributed by atoms with Crippen molar-refractivity contribution in [1.82, 2.24) is 4.90 Å². The summed E-state index contributed by atoms with van der Waals surface area (Å²) in [7, 11) is 3.68. The molecule has 17 heavy (non-hydrogen) atoms. The summed E-state index contributed by atoms with van der Waals surface area (Å²) in [5.74, 6) is 1.10. The van der Waals surface area contributed by atoms with E-state index in [0.29, 0.717) is 6.42 Å². The van der Waals surface area contributed by atoms with Gasteiger partial charge in [0, 0.05) is 25.1 Å². The zero-order chi connectivity index (χ0) is 12.3. The molecule has 0 atom stereocenters. The average Bonchev–Trinajstić information content (AvgIpc) is 2.35. The van der Waals surface area contributed by atoms with Gasteiger partial charge in [-0.3, -0.25) is 4.79 Å². The summed E-state index contributed by atoms with van der Waals surface area (Å²) in [6, 6.07) is 7.74. The Morgan fingerprint density at radius 1 is 1.29 bits per heavy atom. The van der Waals surface area contributed by atoms with Gasteiger partial charge in [0.1, 0.15) is 5.75 Å². The second-order valence-corrected chi connectivity index (χ2v) is 4.35. The SMILES string of the molecule is COc1ccc(/C=C2\CN(C)CCC2=O)cc1. The highest BCUT2D eigenvalue weighted by atomic mass is 16.5. The van der Waals surface area contributed by atoms with E-state index in [1.807, 2.05) is 37.4 Å². The molecule has 1 aliphatic rings. The van der Waals surface area contributed by atoms with Crippen LogP contribution in [0, 0.1) is 0 Å². The zero-order valence-corrected chi connectivity index (χ0v) is 10.3. The molecule has 1 heterocycles. The van der Waals surface area contributed by atoms with Crippen molar-refractivity contribution in [1.29, 1.82) is 0 Å². The number of piperidine rings is 1. The van der Waals surface area contributed by atoms with E-state index in [2.05, 4.69) is 4.90 Å². The van der Waals surface area contributed by atoms with Crippen LogP contribution in [0.5, 0.6) is 5.75 Å². The standard InChI is InChI=1S/C14H17NO2/c1-15-8-7-14(16)12(10-15)9-11-3-5-13(17-2)6-4-11/h3-6,9H,7-8,10H2,1-2H3/b12-9+. The lowest BCUT2D eigenvalue weighted by atomic mass is 10.0. The number of hydrogen-bond donors (Lipinski definition) is 0. The third-order valence-electron chi connectivity index (χ3n) is 2.98. The minimum atomic E-state index is 0.263. The van der Waals surface area contributed by atoms with E-state index in [1.54, 1.807) is 7.11 Å². The first-order valence-corrected chi connectivity index (χ1v) is 5.75. The van der Waals surface area contributed by atoms with Crippen molar-refractivity contribution in [2.75, 3.05) is 27.2 Å². The number of methoxy groups -OCH3 is 1. The van der Waals surface area contributed by atoms with Crippen LogP contribution in [0.1, 0.15) is 12.0 Å². The molecule has 1 saturated heterocycles. The third-order valence-corrected chi connectivity index (χ3v) is 2.98. The molecule has 1 fully saturated rings. The largest absolute Gasteiger partial charge is 0.497 e. The topological polar surface area (TPSA) is 29.5 Å². The number of likely N-dealkylation sites (N-methyl/N-ethyl adjacent to an activating group) is 1. The summed E-state index contributed by atoms with van der Waals surface area (Å²) in [5.41, 5.74) is 1.94. The monoisotopic (exact) mass is 231 g/mol. The molecule has 0 unspecified atom stereocenters. The Morgan fingerprint density at radius 3 is 2.65 bits per heavy atom. The predicted molar refractivity (Wildman–Crippen MR) is 68.1 cm³/mol. The molecule has 0 radical (unpaired) electrons. The molecule has 1 aromatic rings. The van der Waals surface area contributed by atoms with Crippen LogP contribution in [0.3, 0.4) is 0 Å². The van der Waals surface area contributed by atoms with Crippen LogP contribution in [0.25, 0.3) is 6.08 Å². The number of hydrogen-bond acceptors (Lipinski definition) is 3. The highest BCUT2D eigenvalue weighted by molar-refractivity contribution is 6.00. The summed E-state index contributed by atoms with van der Waals surface area (Å²) in [6.07, 6.45) is 2.59. The number of benzene rings is 1. The molecule has 2 rings (SSSR count). The second kappa shape index (κ2) is 5.15. The molecule has 90 valence electrons. The van der Waals surface area contributed by atoms with Crippen LogP contribution in [0.4, 0.5) is 0 Å². The maximum absolute atomic E-state index is 11.7. The lowest BCUT2D eigenvalue weighted by Crippen LogP contribution is -2.32. The number of Topliss-reactive ketones (excluding diaryl/α,β-unsaturated/α-hetero) is 1. The number of rotatable bonds is 2. The Labute approximate surface area is 102 Å². The summed E-state index contributed by atoms with van der Waals surface area (Å²) < 4.78 is 5.10. The van der Waals surface area contributed by atoms with Gasteiger partial charge >= 0.3 is 0 Å². The highest BCUT2D eigenvalue weighted by Gasteiger charge is 2.18. The third kappa shape index (κ3) is 2.94. The number of ketones is 1. The average molecular weight is 231 g/mol. The van der Waals surface area contributed by atoms with Crippen LogP contribution in [-0.4, -0.2) is 37.9 Å². The van der Waals surface area contributed by atoms with Crippen molar-refractivity contribution in [3.05, 3.63) is 35.4 Å². The molecule has 3 heteroatoms. The van der Waals surface area contributed by atoms with E-state index >= 15 is 0 Å². The fourth-order valence-electron chi connectivity index (χ4n) is 1.94. The molecule has 1 aromatic carbocycles. The molecule has 3 nitrogen and oxygen atoms in total. The number of carbonyl (C=O) groups excluding carboxylic acids is 1. The Kier molecular flexibility index (Phi) is 3.59. The molecule has 0 aromatic heterocycles. The molecule has 0 spiro atoms. The minimum Gasteiger partial charge on any atom is -0.497 e. The van der Waals surface area contributed by atoms with Gasteiger partial charge in [0.2, 0.25) is 0 Å². The maximum Gasteiger partial charge on any atom is 0.161 e. The molecule has 0 saturated carbocycles. The van der Waals surface area contributed by atoms with Gasteiger partial charge in [-0.05, 0) is 30.8 Å². The lowest BCUT2D eigenvalue weighted by Gasteiger charge is -2.23. The van der Waals surface area contributed by atoms with E-state index in [1.165, 1.54) is 0 Å². The van der Waals surface area contributed by atoms with Crippen LogP contribution in [-0.2, 0) is 4.79 Å². The van der Waals surface area contributed by atoms with Crippen molar-refractivity contribution in [3.63, 3.8) is 0 Å². The van der Waals surface area contributed by atoms with Crippen molar-refractivity contribution < 1.29 is 9.53 Å². The van der Waals surface area contributed by atoms with E-state index in [-0.39, 0.29) is 5.78 Å². The Bertz CT molecular complexity index is 434. The van der Waals surface area contributed by atoms with Gasteiger partial charge in [0.25, 0.3) is 0 Å². The van der Waals surface area contributed by atoms with Crippen molar-refractivity contribution >= 4 is 11.9 Å². The van der Waals surface area contributed by atoms with Gasteiger partial charge in [-0.25, -0.2) is 0 Å². The van der Waals surface area contributed by atoms with E-state index in [9.17, 15) is 4.79 Å². The molecule has 0 amide bonds. The van der Waals surface area contributed by atoms with Crippen LogP contribution in [0.15, 0.2) is 29.8 Å². The molecule has 1 aliphatic heterocycles. The Balaban J connectivity index is 2.18. The first-order chi connectivity index (χ1) is 8.19. The Hall–Kier alpha value is -1.61. The van der Waals surface area contributed by atoms with Gasteiger partial charge in [0.15, 0.2) is 5.78 Å². The van der Waals surface area contributed by atoms with Crippen LogP contribution in [0.2, 0.25) is 0 Å². The maximum atomic E-state index is 11.7. The fourth-order valence-corrected chi connectivity index (χ4v) is 1.94. The van der Waals surface area contributed by atoms with Crippen LogP contribution >= 0.6 is 0 Å². The molecule has 0 bridgehead atoms. The zero-order valence-electron chi connectivity index (χ0n) is 10.3. The smallest absolute Gasteiger partial charge is 0.161 e. The van der Waals surface area contributed by atoms with Crippen molar-refractivity contribution in [2.45, 2.75) is 6.42 Å². The van der Waals surface area contributed by atoms with Gasteiger partial charge in [0.05, 0.1) is 7.11 Å². The van der Waals surface area contributed by atoms with E-state index in [0.717, 1.165) is 30.0 Å². The summed E-state index contributed by atoms with van der Waals surface area (Å²) >= 11 is 0. The van der Waals surface area contributed by atoms with Gasteiger partial charge in [-0.1, -0.05) is 12.1 Å². The lowest BCUT2D eigenvalue weighted by molar-refractivity contribution is -0.117. The van der Waals surface area contributed by atoms with Gasteiger partial charge in [-0.2, -0.15) is 0 Å². The van der Waals surface area contributed by atoms with Crippen molar-refractivity contribution in [3.8, 4) is 5.75 Å². The molecule has 0 aliphatic carbocycles. The van der Waals surface area contributed by atoms with Gasteiger partial charge < -0.3 is 9.64 Å². The first kappa shape index (κ1) is 11.9. The number of ether oxygens (including phenoxy) is 1. The second-order valence-electron chi connectivity index (χ2n) is 4.35. The molecule has 0 N–H and O–H groups in total. The number of likely N-dealkylation sites (tertiary alicyclic amines) is 1. The number of nitrogens with zero attached hydrogens (tertiary/aromatic N) is 1. The summed E-state index contributed by atoms with van der Waals surface area (Å²) in [4.78, 5) is 13.9. The molecular formula is C14H17NO2. The van der Waals surface area contributed by atoms with Crippen LogP contribution < -0.4 is 4.74 Å². The summed E-state index contributed by atoms with van der Waals surface area (Å²) in [6.45, 7) is 1.60. The highest BCUT2D eigenvalue weighted by Crippen LogP contribution is 2.17. The quantitative estimate of drug-likeness (QED) is 0.729. The minimum absolute atomic E-state index is 0.263. The van der Waals surface area contributed by atoms with E-state index in [4.69, 9.17) is 4.74 Å². The normalized spacial score (nSPS) is 19.6. The Morgan fingerprint density at radius 2 is 2.00 bits per heavy atom. The van der Waals surface area contributed by atoms with Crippen molar-refractivity contribution in [2.24, 2.45) is 0 Å². The summed E-state index contributed by atoms with van der Waals surface area (Å²) in [5, 5.41) is 0. The van der Waals surface area contributed by atoms with E-state index < -0.39 is 0 Å². The molecular weight excluding hydrogens is 214 g/mol. The number of carbonyl (C=O) groups is 1. The van der Waals surface area contributed by atoms with Gasteiger partial charge in [-0.15, -0.1) is 0 Å².